The molecule has 3 N–H and O–H groups in total. The minimum Gasteiger partial charge on any atom is -0.398 e. The normalized spacial score (nSPS) is 11.8. The molecule has 108 valence electrons. The van der Waals surface area contributed by atoms with Crippen LogP contribution in [0, 0.1) is 5.82 Å². The second-order valence-electron chi connectivity index (χ2n) is 3.83. The van der Waals surface area contributed by atoms with Gasteiger partial charge in [-0.1, -0.05) is 11.6 Å². The number of thiophene rings is 1. The molecule has 1 aromatic carbocycles. The van der Waals surface area contributed by atoms with E-state index in [0.717, 1.165) is 17.0 Å². The van der Waals surface area contributed by atoms with Crippen molar-refractivity contribution < 1.29 is 12.8 Å². The lowest BCUT2D eigenvalue weighted by molar-refractivity contribution is 0.557. The average Bonchev–Trinajstić information content (AvgIpc) is 2.77. The minimum absolute atomic E-state index is 0.0368. The van der Waals surface area contributed by atoms with E-state index in [0.29, 0.717) is 8.81 Å². The van der Waals surface area contributed by atoms with Crippen LogP contribution in [-0.4, -0.2) is 8.42 Å². The summed E-state index contributed by atoms with van der Waals surface area (Å²) in [5, 5.41) is 0. The highest BCUT2D eigenvalue weighted by Gasteiger charge is 2.20. The van der Waals surface area contributed by atoms with Crippen LogP contribution in [0.1, 0.15) is 4.88 Å². The van der Waals surface area contributed by atoms with Crippen molar-refractivity contribution in [2.45, 2.75) is 11.4 Å². The monoisotopic (exact) mass is 398 g/mol. The zero-order valence-corrected chi connectivity index (χ0v) is 13.8. The van der Waals surface area contributed by atoms with Crippen molar-refractivity contribution in [3.63, 3.8) is 0 Å². The lowest BCUT2D eigenvalue weighted by atomic mass is 10.3. The number of hydrogen-bond acceptors (Lipinski definition) is 4. The van der Waals surface area contributed by atoms with Crippen LogP contribution in [-0.2, 0) is 16.6 Å². The first-order chi connectivity index (χ1) is 9.29. The van der Waals surface area contributed by atoms with Crippen molar-refractivity contribution in [1.29, 1.82) is 0 Å². The van der Waals surface area contributed by atoms with Crippen molar-refractivity contribution in [3.8, 4) is 0 Å². The molecule has 0 fully saturated rings. The fourth-order valence-corrected chi connectivity index (χ4v) is 3.97. The summed E-state index contributed by atoms with van der Waals surface area (Å²) in [5.74, 6) is -0.872. The largest absolute Gasteiger partial charge is 0.398 e. The van der Waals surface area contributed by atoms with Gasteiger partial charge < -0.3 is 5.73 Å². The number of rotatable bonds is 4. The summed E-state index contributed by atoms with van der Waals surface area (Å²) in [6, 6.07) is 5.45. The first-order valence-corrected chi connectivity index (χ1v) is 8.75. The average molecular weight is 400 g/mol. The molecule has 0 spiro atoms. The number of hydrogen-bond donors (Lipinski definition) is 2. The van der Waals surface area contributed by atoms with Gasteiger partial charge in [-0.15, -0.1) is 11.3 Å². The smallest absolute Gasteiger partial charge is 0.243 e. The highest BCUT2D eigenvalue weighted by molar-refractivity contribution is 9.10. The fraction of sp³-hybridized carbons (Fsp3) is 0.0909. The van der Waals surface area contributed by atoms with Crippen molar-refractivity contribution in [2.24, 2.45) is 0 Å². The standard InChI is InChI=1S/C11H9BrClFN2O2S2/c12-7-3-8(14)10(4-9(7)15)20(17,18)16-5-6-1-2-11(13)19-6/h1-4,16H,5,15H2. The Morgan fingerprint density at radius 3 is 2.70 bits per heavy atom. The Labute approximate surface area is 132 Å². The van der Waals surface area contributed by atoms with E-state index >= 15 is 0 Å². The van der Waals surface area contributed by atoms with E-state index in [1.165, 1.54) is 11.3 Å². The molecular formula is C11H9BrClFN2O2S2. The Morgan fingerprint density at radius 1 is 1.40 bits per heavy atom. The van der Waals surface area contributed by atoms with Gasteiger partial charge in [0, 0.05) is 21.6 Å². The van der Waals surface area contributed by atoms with Crippen molar-refractivity contribution >= 4 is 54.6 Å². The van der Waals surface area contributed by atoms with Gasteiger partial charge in [0.15, 0.2) is 0 Å². The summed E-state index contributed by atoms with van der Waals surface area (Å²) in [7, 11) is -3.98. The first kappa shape index (κ1) is 15.7. The number of nitrogen functional groups attached to an aromatic ring is 1. The summed E-state index contributed by atoms with van der Waals surface area (Å²) >= 11 is 10.0. The van der Waals surface area contributed by atoms with Gasteiger partial charge in [-0.2, -0.15) is 0 Å². The number of anilines is 1. The number of halogens is 3. The predicted molar refractivity (Wildman–Crippen MR) is 81.9 cm³/mol. The fourth-order valence-electron chi connectivity index (χ4n) is 1.44. The second-order valence-corrected chi connectivity index (χ2v) is 8.22. The zero-order valence-electron chi connectivity index (χ0n) is 9.86. The van der Waals surface area contributed by atoms with E-state index in [4.69, 9.17) is 17.3 Å². The molecular weight excluding hydrogens is 391 g/mol. The van der Waals surface area contributed by atoms with Crippen LogP contribution in [0.15, 0.2) is 33.6 Å². The summed E-state index contributed by atoms with van der Waals surface area (Å²) in [6.07, 6.45) is 0. The van der Waals surface area contributed by atoms with Gasteiger partial charge in [-0.25, -0.2) is 17.5 Å². The van der Waals surface area contributed by atoms with Gasteiger partial charge >= 0.3 is 0 Å². The van der Waals surface area contributed by atoms with E-state index in [9.17, 15) is 12.8 Å². The van der Waals surface area contributed by atoms with Gasteiger partial charge in [0.1, 0.15) is 10.7 Å². The third kappa shape index (κ3) is 3.50. The molecule has 0 radical (unpaired) electrons. The van der Waals surface area contributed by atoms with Gasteiger partial charge in [-0.05, 0) is 40.2 Å². The minimum atomic E-state index is -3.98. The van der Waals surface area contributed by atoms with Crippen LogP contribution in [0.3, 0.4) is 0 Å². The molecule has 0 aliphatic rings. The third-order valence-electron chi connectivity index (χ3n) is 2.41. The zero-order chi connectivity index (χ0) is 14.9. The molecule has 0 aliphatic heterocycles. The number of sulfonamides is 1. The molecule has 2 aromatic rings. The van der Waals surface area contributed by atoms with Crippen LogP contribution in [0.25, 0.3) is 0 Å². The van der Waals surface area contributed by atoms with Gasteiger partial charge in [0.2, 0.25) is 10.0 Å². The molecule has 9 heteroatoms. The van der Waals surface area contributed by atoms with E-state index in [-0.39, 0.29) is 12.2 Å². The molecule has 0 bridgehead atoms. The van der Waals surface area contributed by atoms with E-state index in [1.807, 2.05) is 0 Å². The Kier molecular flexibility index (Phi) is 4.70. The van der Waals surface area contributed by atoms with Crippen LogP contribution < -0.4 is 10.5 Å². The molecule has 4 nitrogen and oxygen atoms in total. The van der Waals surface area contributed by atoms with E-state index < -0.39 is 20.7 Å². The van der Waals surface area contributed by atoms with Crippen molar-refractivity contribution in [3.05, 3.63) is 43.8 Å². The maximum absolute atomic E-state index is 13.7. The van der Waals surface area contributed by atoms with Crippen LogP contribution in [0.4, 0.5) is 10.1 Å². The van der Waals surface area contributed by atoms with E-state index in [1.54, 1.807) is 12.1 Å². The number of benzene rings is 1. The lowest BCUT2D eigenvalue weighted by Gasteiger charge is -2.08. The number of nitrogens with one attached hydrogen (secondary N) is 1. The molecule has 0 atom stereocenters. The summed E-state index contributed by atoms with van der Waals surface area (Å²) in [5.41, 5.74) is 5.72. The Hall–Kier alpha value is -0.670. The van der Waals surface area contributed by atoms with Gasteiger partial charge in [0.25, 0.3) is 0 Å². The SMILES string of the molecule is Nc1cc(S(=O)(=O)NCc2ccc(Cl)s2)c(F)cc1Br. The first-order valence-electron chi connectivity index (χ1n) is 5.28. The van der Waals surface area contributed by atoms with Crippen LogP contribution >= 0.6 is 38.9 Å². The molecule has 2 rings (SSSR count). The highest BCUT2D eigenvalue weighted by atomic mass is 79.9. The van der Waals surface area contributed by atoms with Crippen molar-refractivity contribution in [2.75, 3.05) is 5.73 Å². The topological polar surface area (TPSA) is 72.2 Å². The molecule has 0 amide bonds. The molecule has 20 heavy (non-hydrogen) atoms. The Morgan fingerprint density at radius 2 is 2.10 bits per heavy atom. The quantitative estimate of drug-likeness (QED) is 0.774. The predicted octanol–water partition coefficient (Wildman–Crippen LogP) is 3.36. The summed E-state index contributed by atoms with van der Waals surface area (Å²) in [4.78, 5) is 0.241. The molecule has 0 saturated heterocycles. The van der Waals surface area contributed by atoms with Gasteiger partial charge in [-0.3, -0.25) is 0 Å². The maximum Gasteiger partial charge on any atom is 0.243 e. The summed E-state index contributed by atoms with van der Waals surface area (Å²) in [6.45, 7) is 0.0368. The van der Waals surface area contributed by atoms with Gasteiger partial charge in [0.05, 0.1) is 4.34 Å². The number of nitrogens with two attached hydrogens (primary N) is 1. The second kappa shape index (κ2) is 5.98. The maximum atomic E-state index is 13.7. The molecule has 0 unspecified atom stereocenters. The summed E-state index contributed by atoms with van der Waals surface area (Å²) < 4.78 is 41.0. The van der Waals surface area contributed by atoms with E-state index in [2.05, 4.69) is 20.7 Å². The molecule has 1 heterocycles. The Bertz CT molecular complexity index is 749. The van der Waals surface area contributed by atoms with Crippen LogP contribution in [0.5, 0.6) is 0 Å². The molecule has 0 aliphatic carbocycles. The Balaban J connectivity index is 2.24. The lowest BCUT2D eigenvalue weighted by Crippen LogP contribution is -2.24. The molecule has 1 aromatic heterocycles. The van der Waals surface area contributed by atoms with Crippen LogP contribution in [0.2, 0.25) is 4.34 Å². The van der Waals surface area contributed by atoms with Crippen molar-refractivity contribution in [1.82, 2.24) is 4.72 Å². The highest BCUT2D eigenvalue weighted by Crippen LogP contribution is 2.26. The third-order valence-corrected chi connectivity index (χ3v) is 5.74. The molecule has 0 saturated carbocycles.